The zero-order valence-electron chi connectivity index (χ0n) is 17.8. The third-order valence-electron chi connectivity index (χ3n) is 6.11. The number of anilines is 2. The molecule has 0 amide bonds. The molecule has 0 aliphatic heterocycles. The van der Waals surface area contributed by atoms with Crippen LogP contribution in [0.1, 0.15) is 31.4 Å². The van der Waals surface area contributed by atoms with Crippen molar-refractivity contribution in [3.8, 4) is 0 Å². The highest BCUT2D eigenvalue weighted by Gasteiger charge is 2.34. The molecule has 1 aliphatic rings. The number of nitrogens with zero attached hydrogens (tertiary/aromatic N) is 4. The standard InChI is InChI=1S/C23H22ClF3N6/c1-33-12-29-18-8-9-28-22(21(18)33)31-15-5-3-14(4-6-15)30-19-11-20(23(25,26)27)32-17-7-2-13(24)10-16(17)19/h2,7-12,14-15H,3-6H2,1H3,(H,28,31)(H,30,32). The Hall–Kier alpha value is -3.07. The lowest BCUT2D eigenvalue weighted by Crippen LogP contribution is -2.32. The first kappa shape index (κ1) is 21.8. The summed E-state index contributed by atoms with van der Waals surface area (Å²) in [5.74, 6) is 0.800. The highest BCUT2D eigenvalue weighted by atomic mass is 35.5. The lowest BCUT2D eigenvalue weighted by molar-refractivity contribution is -0.140. The molecule has 0 bridgehead atoms. The predicted octanol–water partition coefficient (Wildman–Crippen LogP) is 6.02. The lowest BCUT2D eigenvalue weighted by atomic mass is 9.90. The normalized spacial score (nSPS) is 19.2. The van der Waals surface area contributed by atoms with Crippen molar-refractivity contribution in [2.24, 2.45) is 7.05 Å². The average Bonchev–Trinajstić information content (AvgIpc) is 3.16. The van der Waals surface area contributed by atoms with Gasteiger partial charge in [0.1, 0.15) is 11.2 Å². The van der Waals surface area contributed by atoms with Gasteiger partial charge in [-0.3, -0.25) is 0 Å². The first-order valence-electron chi connectivity index (χ1n) is 10.7. The number of benzene rings is 1. The van der Waals surface area contributed by atoms with E-state index in [0.717, 1.165) is 48.6 Å². The number of nitrogens with one attached hydrogen (secondary N) is 2. The molecule has 0 atom stereocenters. The molecule has 0 unspecified atom stereocenters. The van der Waals surface area contributed by atoms with E-state index in [-0.39, 0.29) is 17.6 Å². The number of hydrogen-bond acceptors (Lipinski definition) is 5. The molecule has 1 aliphatic carbocycles. The van der Waals surface area contributed by atoms with Crippen molar-refractivity contribution >= 4 is 45.0 Å². The van der Waals surface area contributed by atoms with Crippen LogP contribution in [-0.4, -0.2) is 31.6 Å². The summed E-state index contributed by atoms with van der Waals surface area (Å²) >= 11 is 6.11. The summed E-state index contributed by atoms with van der Waals surface area (Å²) in [6.07, 6.45) is 2.33. The zero-order chi connectivity index (χ0) is 23.2. The minimum Gasteiger partial charge on any atom is -0.382 e. The molecule has 3 aromatic heterocycles. The van der Waals surface area contributed by atoms with Gasteiger partial charge in [0.15, 0.2) is 5.82 Å². The van der Waals surface area contributed by atoms with Gasteiger partial charge in [0.05, 0.1) is 17.4 Å². The third kappa shape index (κ3) is 4.42. The average molecular weight is 475 g/mol. The van der Waals surface area contributed by atoms with E-state index in [0.29, 0.717) is 16.1 Å². The maximum atomic E-state index is 13.4. The summed E-state index contributed by atoms with van der Waals surface area (Å²) in [6, 6.07) is 7.96. The van der Waals surface area contributed by atoms with E-state index in [1.54, 1.807) is 24.7 Å². The molecule has 1 saturated carbocycles. The monoisotopic (exact) mass is 474 g/mol. The van der Waals surface area contributed by atoms with Gasteiger partial charge in [-0.25, -0.2) is 15.0 Å². The molecule has 5 rings (SSSR count). The second-order valence-electron chi connectivity index (χ2n) is 8.43. The molecule has 4 aromatic rings. The summed E-state index contributed by atoms with van der Waals surface area (Å²) in [4.78, 5) is 12.6. The highest BCUT2D eigenvalue weighted by molar-refractivity contribution is 6.31. The van der Waals surface area contributed by atoms with Gasteiger partial charge in [-0.1, -0.05) is 11.6 Å². The molecule has 6 nitrogen and oxygen atoms in total. The molecule has 2 N–H and O–H groups in total. The largest absolute Gasteiger partial charge is 0.433 e. The number of halogens is 4. The molecular formula is C23H22ClF3N6. The van der Waals surface area contributed by atoms with Crippen LogP contribution in [0.15, 0.2) is 42.9 Å². The Morgan fingerprint density at radius 3 is 2.42 bits per heavy atom. The summed E-state index contributed by atoms with van der Waals surface area (Å²) in [6.45, 7) is 0. The molecule has 1 fully saturated rings. The van der Waals surface area contributed by atoms with Crippen LogP contribution in [0.4, 0.5) is 24.7 Å². The van der Waals surface area contributed by atoms with Gasteiger partial charge >= 0.3 is 6.18 Å². The van der Waals surface area contributed by atoms with E-state index in [1.165, 1.54) is 6.07 Å². The Bertz CT molecular complexity index is 1310. The van der Waals surface area contributed by atoms with Crippen molar-refractivity contribution in [3.05, 3.63) is 53.6 Å². The predicted molar refractivity (Wildman–Crippen MR) is 124 cm³/mol. The fourth-order valence-electron chi connectivity index (χ4n) is 4.47. The smallest absolute Gasteiger partial charge is 0.382 e. The van der Waals surface area contributed by atoms with Gasteiger partial charge in [0.25, 0.3) is 0 Å². The molecule has 0 radical (unpaired) electrons. The second-order valence-corrected chi connectivity index (χ2v) is 8.87. The minimum absolute atomic E-state index is 0.0502. The number of imidazole rings is 1. The lowest BCUT2D eigenvalue weighted by Gasteiger charge is -2.31. The maximum Gasteiger partial charge on any atom is 0.433 e. The molecule has 3 heterocycles. The van der Waals surface area contributed by atoms with Gasteiger partial charge in [-0.2, -0.15) is 13.2 Å². The van der Waals surface area contributed by atoms with E-state index in [4.69, 9.17) is 11.6 Å². The summed E-state index contributed by atoms with van der Waals surface area (Å²) in [5, 5.41) is 7.89. The molecule has 0 spiro atoms. The van der Waals surface area contributed by atoms with Gasteiger partial charge in [0.2, 0.25) is 0 Å². The van der Waals surface area contributed by atoms with Crippen LogP contribution in [0.5, 0.6) is 0 Å². The molecule has 33 heavy (non-hydrogen) atoms. The Morgan fingerprint density at radius 1 is 0.970 bits per heavy atom. The van der Waals surface area contributed by atoms with Gasteiger partial charge < -0.3 is 15.2 Å². The number of rotatable bonds is 4. The van der Waals surface area contributed by atoms with Crippen molar-refractivity contribution in [2.45, 2.75) is 43.9 Å². The van der Waals surface area contributed by atoms with E-state index < -0.39 is 11.9 Å². The molecule has 0 saturated heterocycles. The van der Waals surface area contributed by atoms with E-state index in [2.05, 4.69) is 25.6 Å². The fraction of sp³-hybridized carbons (Fsp3) is 0.348. The maximum absolute atomic E-state index is 13.4. The number of pyridine rings is 2. The summed E-state index contributed by atoms with van der Waals surface area (Å²) in [7, 11) is 1.93. The van der Waals surface area contributed by atoms with Crippen molar-refractivity contribution in [2.75, 3.05) is 10.6 Å². The van der Waals surface area contributed by atoms with Crippen LogP contribution in [-0.2, 0) is 13.2 Å². The van der Waals surface area contributed by atoms with Crippen molar-refractivity contribution < 1.29 is 13.2 Å². The minimum atomic E-state index is -4.52. The number of hydrogen-bond donors (Lipinski definition) is 2. The second kappa shape index (κ2) is 8.37. The molecule has 1 aromatic carbocycles. The Labute approximate surface area is 193 Å². The van der Waals surface area contributed by atoms with Gasteiger partial charge in [-0.05, 0) is 56.0 Å². The third-order valence-corrected chi connectivity index (χ3v) is 6.35. The van der Waals surface area contributed by atoms with E-state index in [1.807, 2.05) is 17.7 Å². The van der Waals surface area contributed by atoms with Crippen molar-refractivity contribution in [1.29, 1.82) is 0 Å². The van der Waals surface area contributed by atoms with Crippen LogP contribution in [0.25, 0.3) is 21.9 Å². The first-order chi connectivity index (χ1) is 15.8. The van der Waals surface area contributed by atoms with Crippen molar-refractivity contribution in [1.82, 2.24) is 19.5 Å². The summed E-state index contributed by atoms with van der Waals surface area (Å²) in [5.41, 5.74) is 1.60. The highest BCUT2D eigenvalue weighted by Crippen LogP contribution is 2.35. The topological polar surface area (TPSA) is 67.7 Å². The Kier molecular flexibility index (Phi) is 5.52. The number of fused-ring (bicyclic) bond motifs is 2. The fourth-order valence-corrected chi connectivity index (χ4v) is 4.64. The Balaban J connectivity index is 1.32. The molecular weight excluding hydrogens is 453 g/mol. The van der Waals surface area contributed by atoms with Crippen LogP contribution < -0.4 is 10.6 Å². The summed E-state index contributed by atoms with van der Waals surface area (Å²) < 4.78 is 42.1. The van der Waals surface area contributed by atoms with E-state index >= 15 is 0 Å². The number of aryl methyl sites for hydroxylation is 1. The van der Waals surface area contributed by atoms with Gasteiger partial charge in [0, 0.05) is 41.4 Å². The molecule has 10 heteroatoms. The first-order valence-corrected chi connectivity index (χ1v) is 11.1. The van der Waals surface area contributed by atoms with E-state index in [9.17, 15) is 13.2 Å². The van der Waals surface area contributed by atoms with Crippen molar-refractivity contribution in [3.63, 3.8) is 0 Å². The number of aromatic nitrogens is 4. The number of alkyl halides is 3. The van der Waals surface area contributed by atoms with Crippen LogP contribution in [0.3, 0.4) is 0 Å². The zero-order valence-corrected chi connectivity index (χ0v) is 18.6. The van der Waals surface area contributed by atoms with Gasteiger partial charge in [-0.15, -0.1) is 0 Å². The molecule has 172 valence electrons. The van der Waals surface area contributed by atoms with Crippen LogP contribution in [0.2, 0.25) is 5.02 Å². The van der Waals surface area contributed by atoms with Crippen LogP contribution >= 0.6 is 11.6 Å². The quantitative estimate of drug-likeness (QED) is 0.378. The Morgan fingerprint density at radius 2 is 1.70 bits per heavy atom. The van der Waals surface area contributed by atoms with Crippen LogP contribution in [0, 0.1) is 0 Å². The SMILES string of the molecule is Cn1cnc2ccnc(NC3CCC(Nc4cc(C(F)(F)F)nc5ccc(Cl)cc45)CC3)c21.